The SMILES string of the molecule is CC(=O)N1CCN(C(=O)C2CCCN2S(=O)(=O)c2cccs2)CC1. The van der Waals surface area contributed by atoms with Gasteiger partial charge in [0.05, 0.1) is 0 Å². The van der Waals surface area contributed by atoms with Crippen molar-refractivity contribution in [2.45, 2.75) is 30.0 Å². The Kier molecular flexibility index (Phi) is 4.93. The van der Waals surface area contributed by atoms with Gasteiger partial charge >= 0.3 is 0 Å². The number of carbonyl (C=O) groups is 2. The van der Waals surface area contributed by atoms with Gasteiger partial charge in [-0.05, 0) is 24.3 Å². The molecule has 0 spiro atoms. The molecule has 2 amide bonds. The molecule has 1 unspecified atom stereocenters. The van der Waals surface area contributed by atoms with Crippen LogP contribution in [0.5, 0.6) is 0 Å². The van der Waals surface area contributed by atoms with Crippen molar-refractivity contribution >= 4 is 33.2 Å². The first-order chi connectivity index (χ1) is 11.4. The Morgan fingerprint density at radius 3 is 2.38 bits per heavy atom. The van der Waals surface area contributed by atoms with Crippen LogP contribution in [-0.2, 0) is 19.6 Å². The lowest BCUT2D eigenvalue weighted by molar-refractivity contribution is -0.140. The Balaban J connectivity index is 1.72. The number of rotatable bonds is 3. The molecule has 2 saturated heterocycles. The van der Waals surface area contributed by atoms with Crippen molar-refractivity contribution < 1.29 is 18.0 Å². The Bertz CT molecular complexity index is 709. The predicted molar refractivity (Wildman–Crippen MR) is 90.1 cm³/mol. The summed E-state index contributed by atoms with van der Waals surface area (Å²) in [5.41, 5.74) is 0. The molecule has 1 aromatic rings. The van der Waals surface area contributed by atoms with Crippen molar-refractivity contribution in [3.8, 4) is 0 Å². The smallest absolute Gasteiger partial charge is 0.253 e. The van der Waals surface area contributed by atoms with Gasteiger partial charge in [-0.3, -0.25) is 9.59 Å². The van der Waals surface area contributed by atoms with E-state index in [0.29, 0.717) is 45.6 Å². The zero-order valence-corrected chi connectivity index (χ0v) is 15.2. The summed E-state index contributed by atoms with van der Waals surface area (Å²) in [5, 5.41) is 1.72. The van der Waals surface area contributed by atoms with Crippen LogP contribution in [0.2, 0.25) is 0 Å². The van der Waals surface area contributed by atoms with Gasteiger partial charge in [0.25, 0.3) is 10.0 Å². The Labute approximate surface area is 145 Å². The lowest BCUT2D eigenvalue weighted by atomic mass is 10.2. The number of sulfonamides is 1. The minimum atomic E-state index is -3.61. The molecule has 2 aliphatic rings. The monoisotopic (exact) mass is 371 g/mol. The molecule has 1 atom stereocenters. The second kappa shape index (κ2) is 6.81. The number of piperazine rings is 1. The highest BCUT2D eigenvalue weighted by Gasteiger charge is 2.42. The van der Waals surface area contributed by atoms with Crippen LogP contribution in [0, 0.1) is 0 Å². The summed E-state index contributed by atoms with van der Waals surface area (Å²) in [6.07, 6.45) is 1.24. The lowest BCUT2D eigenvalue weighted by Crippen LogP contribution is -2.55. The second-order valence-electron chi connectivity index (χ2n) is 6.04. The van der Waals surface area contributed by atoms with Crippen LogP contribution in [0.3, 0.4) is 0 Å². The molecule has 24 heavy (non-hydrogen) atoms. The maximum atomic E-state index is 12.8. The van der Waals surface area contributed by atoms with Crippen LogP contribution in [0.25, 0.3) is 0 Å². The molecular formula is C15H21N3O4S2. The minimum Gasteiger partial charge on any atom is -0.339 e. The van der Waals surface area contributed by atoms with E-state index in [4.69, 9.17) is 0 Å². The van der Waals surface area contributed by atoms with Gasteiger partial charge in [-0.2, -0.15) is 4.31 Å². The molecule has 0 bridgehead atoms. The van der Waals surface area contributed by atoms with Crippen molar-refractivity contribution in [3.05, 3.63) is 17.5 Å². The average molecular weight is 371 g/mol. The molecule has 3 rings (SSSR count). The van der Waals surface area contributed by atoms with Crippen molar-refractivity contribution in [1.82, 2.24) is 14.1 Å². The van der Waals surface area contributed by atoms with Crippen LogP contribution in [-0.4, -0.2) is 73.1 Å². The fourth-order valence-corrected chi connectivity index (χ4v) is 6.02. The Morgan fingerprint density at radius 2 is 1.79 bits per heavy atom. The van der Waals surface area contributed by atoms with Gasteiger partial charge in [-0.1, -0.05) is 6.07 Å². The second-order valence-corrected chi connectivity index (χ2v) is 9.10. The maximum Gasteiger partial charge on any atom is 0.253 e. The molecule has 2 aliphatic heterocycles. The van der Waals surface area contributed by atoms with Crippen LogP contribution in [0.4, 0.5) is 0 Å². The largest absolute Gasteiger partial charge is 0.339 e. The Morgan fingerprint density at radius 1 is 1.12 bits per heavy atom. The average Bonchev–Trinajstić information content (AvgIpc) is 3.26. The number of hydrogen-bond donors (Lipinski definition) is 0. The molecule has 1 aromatic heterocycles. The van der Waals surface area contributed by atoms with Crippen molar-refractivity contribution in [1.29, 1.82) is 0 Å². The van der Waals surface area contributed by atoms with Gasteiger partial charge in [0.2, 0.25) is 11.8 Å². The number of carbonyl (C=O) groups excluding carboxylic acids is 2. The van der Waals surface area contributed by atoms with Gasteiger partial charge in [-0.25, -0.2) is 8.42 Å². The molecule has 0 N–H and O–H groups in total. The highest BCUT2D eigenvalue weighted by atomic mass is 32.2. The molecule has 9 heteroatoms. The molecule has 2 fully saturated rings. The molecule has 0 aliphatic carbocycles. The molecule has 0 radical (unpaired) electrons. The van der Waals surface area contributed by atoms with E-state index in [1.54, 1.807) is 27.3 Å². The topological polar surface area (TPSA) is 78.0 Å². The van der Waals surface area contributed by atoms with E-state index in [0.717, 1.165) is 0 Å². The fraction of sp³-hybridized carbons (Fsp3) is 0.600. The third-order valence-electron chi connectivity index (χ3n) is 4.58. The summed E-state index contributed by atoms with van der Waals surface area (Å²) in [5.74, 6) is -0.138. The third kappa shape index (κ3) is 3.20. The lowest BCUT2D eigenvalue weighted by Gasteiger charge is -2.36. The standard InChI is InChI=1S/C15H21N3O4S2/c1-12(19)16-7-9-17(10-8-16)15(20)13-4-2-6-18(13)24(21,22)14-5-3-11-23-14/h3,5,11,13H,2,4,6-10H2,1H3. The van der Waals surface area contributed by atoms with Gasteiger partial charge < -0.3 is 9.80 Å². The summed E-state index contributed by atoms with van der Waals surface area (Å²) in [7, 11) is -3.61. The summed E-state index contributed by atoms with van der Waals surface area (Å²) in [6, 6.07) is 2.65. The molecule has 0 saturated carbocycles. The molecule has 132 valence electrons. The summed E-state index contributed by atoms with van der Waals surface area (Å²) < 4.78 is 27.1. The highest BCUT2D eigenvalue weighted by Crippen LogP contribution is 2.29. The quantitative estimate of drug-likeness (QED) is 0.779. The van der Waals surface area contributed by atoms with E-state index in [2.05, 4.69) is 0 Å². The number of nitrogens with zero attached hydrogens (tertiary/aromatic N) is 3. The van der Waals surface area contributed by atoms with E-state index < -0.39 is 16.1 Å². The first-order valence-corrected chi connectivity index (χ1v) is 10.3. The van der Waals surface area contributed by atoms with Crippen LogP contribution < -0.4 is 0 Å². The van der Waals surface area contributed by atoms with Gasteiger partial charge in [-0.15, -0.1) is 11.3 Å². The highest BCUT2D eigenvalue weighted by molar-refractivity contribution is 7.91. The van der Waals surface area contributed by atoms with Crippen molar-refractivity contribution in [3.63, 3.8) is 0 Å². The van der Waals surface area contributed by atoms with Crippen LogP contribution in [0.1, 0.15) is 19.8 Å². The zero-order valence-electron chi connectivity index (χ0n) is 13.6. The van der Waals surface area contributed by atoms with Gasteiger partial charge in [0.15, 0.2) is 0 Å². The minimum absolute atomic E-state index is 0.00450. The van der Waals surface area contributed by atoms with Gasteiger partial charge in [0, 0.05) is 39.6 Å². The van der Waals surface area contributed by atoms with E-state index in [1.165, 1.54) is 22.6 Å². The molecule has 7 nitrogen and oxygen atoms in total. The predicted octanol–water partition coefficient (Wildman–Crippen LogP) is 0.592. The van der Waals surface area contributed by atoms with E-state index in [9.17, 15) is 18.0 Å². The number of thiophene rings is 1. The van der Waals surface area contributed by atoms with E-state index in [-0.39, 0.29) is 16.0 Å². The summed E-state index contributed by atoms with van der Waals surface area (Å²) in [6.45, 7) is 3.83. The first kappa shape index (κ1) is 17.4. The fourth-order valence-electron chi connectivity index (χ4n) is 3.25. The molecule has 3 heterocycles. The molecule has 0 aromatic carbocycles. The van der Waals surface area contributed by atoms with E-state index in [1.807, 2.05) is 0 Å². The zero-order chi connectivity index (χ0) is 17.3. The number of amides is 2. The first-order valence-electron chi connectivity index (χ1n) is 8.01. The van der Waals surface area contributed by atoms with Crippen LogP contribution in [0.15, 0.2) is 21.7 Å². The van der Waals surface area contributed by atoms with Crippen molar-refractivity contribution in [2.75, 3.05) is 32.7 Å². The van der Waals surface area contributed by atoms with E-state index >= 15 is 0 Å². The summed E-state index contributed by atoms with van der Waals surface area (Å²) >= 11 is 1.17. The van der Waals surface area contributed by atoms with Gasteiger partial charge in [0.1, 0.15) is 10.3 Å². The van der Waals surface area contributed by atoms with Crippen molar-refractivity contribution in [2.24, 2.45) is 0 Å². The third-order valence-corrected chi connectivity index (χ3v) is 7.86. The Hall–Kier alpha value is -1.45. The summed E-state index contributed by atoms with van der Waals surface area (Å²) in [4.78, 5) is 27.6. The number of hydrogen-bond acceptors (Lipinski definition) is 5. The molecular weight excluding hydrogens is 350 g/mol. The normalized spacial score (nSPS) is 22.8. The van der Waals surface area contributed by atoms with Crippen LogP contribution >= 0.6 is 11.3 Å². The maximum absolute atomic E-state index is 12.8.